The van der Waals surface area contributed by atoms with E-state index in [2.05, 4.69) is 17.7 Å². The first-order valence-corrected chi connectivity index (χ1v) is 6.93. The second-order valence-corrected chi connectivity index (χ2v) is 4.57. The Bertz CT molecular complexity index is 507. The molecule has 0 amide bonds. The highest BCUT2D eigenvalue weighted by atomic mass is 16.5. The zero-order chi connectivity index (χ0) is 15.7. The van der Waals surface area contributed by atoms with Crippen LogP contribution in [0.2, 0.25) is 0 Å². The van der Waals surface area contributed by atoms with Crippen LogP contribution in [-0.4, -0.2) is 26.8 Å². The minimum absolute atomic E-state index is 0.000597. The highest BCUT2D eigenvalue weighted by molar-refractivity contribution is 5.71. The van der Waals surface area contributed by atoms with Crippen LogP contribution in [0.15, 0.2) is 18.2 Å². The summed E-state index contributed by atoms with van der Waals surface area (Å²) in [5, 5.41) is 9.24. The van der Waals surface area contributed by atoms with Gasteiger partial charge in [0, 0.05) is 11.6 Å². The van der Waals surface area contributed by atoms with E-state index >= 15 is 0 Å². The number of unbranched alkanes of at least 4 members (excludes halogenated alkanes) is 1. The molecule has 0 aliphatic carbocycles. The van der Waals surface area contributed by atoms with Crippen LogP contribution in [0.25, 0.3) is 0 Å². The van der Waals surface area contributed by atoms with E-state index < -0.39 is 11.9 Å². The number of esters is 1. The fourth-order valence-corrected chi connectivity index (χ4v) is 1.88. The second kappa shape index (κ2) is 8.85. The minimum Gasteiger partial charge on any atom is -0.496 e. The van der Waals surface area contributed by atoms with Crippen LogP contribution in [0, 0.1) is 11.3 Å². The number of benzene rings is 1. The number of carbonyl (C=O) groups excluding carboxylic acids is 1. The van der Waals surface area contributed by atoms with Crippen molar-refractivity contribution >= 4 is 5.97 Å². The SMILES string of the molecule is CCCCOc1ccc(C(C#N)CC(=O)OC)c(OC)c1. The van der Waals surface area contributed by atoms with Crippen LogP contribution in [0.4, 0.5) is 0 Å². The van der Waals surface area contributed by atoms with Gasteiger partial charge in [-0.15, -0.1) is 0 Å². The number of hydrogen-bond donors (Lipinski definition) is 0. The summed E-state index contributed by atoms with van der Waals surface area (Å²) >= 11 is 0. The Kier molecular flexibility index (Phi) is 7.10. The van der Waals surface area contributed by atoms with Crippen molar-refractivity contribution in [3.8, 4) is 17.6 Å². The molecule has 114 valence electrons. The standard InChI is InChI=1S/C16H21NO4/c1-4-5-8-21-13-6-7-14(15(10-13)19-2)12(11-17)9-16(18)20-3/h6-7,10,12H,4-5,8-9H2,1-3H3. The molecule has 1 aromatic carbocycles. The lowest BCUT2D eigenvalue weighted by molar-refractivity contribution is -0.140. The lowest BCUT2D eigenvalue weighted by atomic mass is 9.96. The first-order valence-electron chi connectivity index (χ1n) is 6.93. The summed E-state index contributed by atoms with van der Waals surface area (Å²) < 4.78 is 15.5. The molecule has 0 aromatic heterocycles. The number of hydrogen-bond acceptors (Lipinski definition) is 5. The number of ether oxygens (including phenoxy) is 3. The molecule has 5 nitrogen and oxygen atoms in total. The molecule has 0 aliphatic rings. The number of nitrogens with zero attached hydrogens (tertiary/aromatic N) is 1. The van der Waals surface area contributed by atoms with E-state index in [-0.39, 0.29) is 6.42 Å². The van der Waals surface area contributed by atoms with Gasteiger partial charge in [0.2, 0.25) is 0 Å². The van der Waals surface area contributed by atoms with E-state index in [1.54, 1.807) is 18.2 Å². The monoisotopic (exact) mass is 291 g/mol. The Balaban J connectivity index is 2.91. The van der Waals surface area contributed by atoms with Crippen molar-refractivity contribution in [1.82, 2.24) is 0 Å². The quantitative estimate of drug-likeness (QED) is 0.544. The molecule has 0 fully saturated rings. The topological polar surface area (TPSA) is 68.5 Å². The fraction of sp³-hybridized carbons (Fsp3) is 0.500. The third-order valence-corrected chi connectivity index (χ3v) is 3.10. The van der Waals surface area contributed by atoms with Crippen LogP contribution in [-0.2, 0) is 9.53 Å². The Labute approximate surface area is 125 Å². The maximum absolute atomic E-state index is 11.4. The molecule has 0 bridgehead atoms. The molecule has 0 saturated carbocycles. The Hall–Kier alpha value is -2.22. The number of nitriles is 1. The third kappa shape index (κ3) is 4.99. The molecule has 21 heavy (non-hydrogen) atoms. The van der Waals surface area contributed by atoms with Gasteiger partial charge in [-0.3, -0.25) is 4.79 Å². The summed E-state index contributed by atoms with van der Waals surface area (Å²) in [7, 11) is 2.83. The van der Waals surface area contributed by atoms with E-state index in [1.807, 2.05) is 0 Å². The van der Waals surface area contributed by atoms with Gasteiger partial charge in [0.15, 0.2) is 0 Å². The van der Waals surface area contributed by atoms with Crippen molar-refractivity contribution in [1.29, 1.82) is 5.26 Å². The maximum atomic E-state index is 11.4. The van der Waals surface area contributed by atoms with Crippen LogP contribution < -0.4 is 9.47 Å². The molecule has 0 spiro atoms. The summed E-state index contributed by atoms with van der Waals surface area (Å²) in [4.78, 5) is 11.4. The van der Waals surface area contributed by atoms with E-state index in [1.165, 1.54) is 14.2 Å². The molecule has 1 atom stereocenters. The summed E-state index contributed by atoms with van der Waals surface area (Å²) in [6.07, 6.45) is 2.04. The number of rotatable bonds is 8. The van der Waals surface area contributed by atoms with E-state index in [4.69, 9.17) is 9.47 Å². The summed E-state index contributed by atoms with van der Waals surface area (Å²) in [6, 6.07) is 7.40. The molecule has 0 radical (unpaired) electrons. The largest absolute Gasteiger partial charge is 0.496 e. The van der Waals surface area contributed by atoms with Crippen molar-refractivity contribution in [2.75, 3.05) is 20.8 Å². The van der Waals surface area contributed by atoms with Gasteiger partial charge in [0.05, 0.1) is 39.2 Å². The number of methoxy groups -OCH3 is 2. The van der Waals surface area contributed by atoms with Gasteiger partial charge >= 0.3 is 5.97 Å². The van der Waals surface area contributed by atoms with Crippen LogP contribution in [0.1, 0.15) is 37.7 Å². The molecule has 1 rings (SSSR count). The number of carbonyl (C=O) groups is 1. The van der Waals surface area contributed by atoms with Crippen molar-refractivity contribution < 1.29 is 19.0 Å². The van der Waals surface area contributed by atoms with Crippen LogP contribution in [0.3, 0.4) is 0 Å². The molecule has 1 unspecified atom stereocenters. The Morgan fingerprint density at radius 1 is 1.38 bits per heavy atom. The average Bonchev–Trinajstić information content (AvgIpc) is 2.52. The minimum atomic E-state index is -0.600. The van der Waals surface area contributed by atoms with Crippen LogP contribution >= 0.6 is 0 Å². The van der Waals surface area contributed by atoms with E-state index in [0.29, 0.717) is 23.7 Å². The average molecular weight is 291 g/mol. The van der Waals surface area contributed by atoms with Gasteiger partial charge in [-0.2, -0.15) is 5.26 Å². The molecular weight excluding hydrogens is 270 g/mol. The lowest BCUT2D eigenvalue weighted by Crippen LogP contribution is -2.08. The second-order valence-electron chi connectivity index (χ2n) is 4.57. The predicted molar refractivity (Wildman–Crippen MR) is 78.4 cm³/mol. The highest BCUT2D eigenvalue weighted by Crippen LogP contribution is 2.32. The first-order chi connectivity index (χ1) is 10.2. The molecule has 1 aromatic rings. The summed E-state index contributed by atoms with van der Waals surface area (Å²) in [5.74, 6) is 0.210. The van der Waals surface area contributed by atoms with E-state index in [0.717, 1.165) is 12.8 Å². The molecule has 5 heteroatoms. The molecule has 0 aliphatic heterocycles. The lowest BCUT2D eigenvalue weighted by Gasteiger charge is -2.14. The predicted octanol–water partition coefficient (Wildman–Crippen LogP) is 3.04. The fourth-order valence-electron chi connectivity index (χ4n) is 1.88. The van der Waals surface area contributed by atoms with Crippen molar-refractivity contribution in [3.63, 3.8) is 0 Å². The molecule has 0 N–H and O–H groups in total. The van der Waals surface area contributed by atoms with E-state index in [9.17, 15) is 10.1 Å². The highest BCUT2D eigenvalue weighted by Gasteiger charge is 2.20. The third-order valence-electron chi connectivity index (χ3n) is 3.10. The van der Waals surface area contributed by atoms with Gasteiger partial charge in [0.1, 0.15) is 11.5 Å². The van der Waals surface area contributed by atoms with Crippen molar-refractivity contribution in [3.05, 3.63) is 23.8 Å². The van der Waals surface area contributed by atoms with Gasteiger partial charge in [-0.05, 0) is 12.5 Å². The van der Waals surface area contributed by atoms with Gasteiger partial charge < -0.3 is 14.2 Å². The first kappa shape index (κ1) is 16.8. The summed E-state index contributed by atoms with van der Waals surface area (Å²) in [6.45, 7) is 2.74. The van der Waals surface area contributed by atoms with Gasteiger partial charge in [-0.1, -0.05) is 19.4 Å². The zero-order valence-electron chi connectivity index (χ0n) is 12.7. The molecule has 0 saturated heterocycles. The normalized spacial score (nSPS) is 11.3. The van der Waals surface area contributed by atoms with Gasteiger partial charge in [0.25, 0.3) is 0 Å². The zero-order valence-corrected chi connectivity index (χ0v) is 12.7. The molecular formula is C16H21NO4. The van der Waals surface area contributed by atoms with Gasteiger partial charge in [-0.25, -0.2) is 0 Å². The van der Waals surface area contributed by atoms with Crippen LogP contribution in [0.5, 0.6) is 11.5 Å². The van der Waals surface area contributed by atoms with Crippen molar-refractivity contribution in [2.45, 2.75) is 32.1 Å². The van der Waals surface area contributed by atoms with Crippen molar-refractivity contribution in [2.24, 2.45) is 0 Å². The smallest absolute Gasteiger partial charge is 0.307 e. The maximum Gasteiger partial charge on any atom is 0.307 e. The molecule has 0 heterocycles. The summed E-state index contributed by atoms with van der Waals surface area (Å²) in [5.41, 5.74) is 0.660. The Morgan fingerprint density at radius 3 is 2.71 bits per heavy atom. The Morgan fingerprint density at radius 2 is 2.14 bits per heavy atom.